The molecule has 0 heterocycles. The van der Waals surface area contributed by atoms with Gasteiger partial charge in [-0.15, -0.1) is 0 Å². The van der Waals surface area contributed by atoms with E-state index >= 15 is 0 Å². The number of rotatable bonds is 25. The molecule has 0 amide bonds. The van der Waals surface area contributed by atoms with Crippen LogP contribution in [0.1, 0.15) is 150 Å². The van der Waals surface area contributed by atoms with Crippen LogP contribution in [0.4, 0.5) is 0 Å². The molecule has 1 aromatic rings. The first-order valence-corrected chi connectivity index (χ1v) is 14.9. The number of hydrogen-bond donors (Lipinski definition) is 3. The minimum atomic E-state index is -0.711. The van der Waals surface area contributed by atoms with Crippen molar-refractivity contribution in [2.24, 2.45) is 0 Å². The monoisotopic (exact) mass is 534 g/mol. The molecule has 1 rings (SSSR count). The third kappa shape index (κ3) is 17.2. The Kier molecular flexibility index (Phi) is 20.0. The van der Waals surface area contributed by atoms with E-state index in [0.29, 0.717) is 5.56 Å². The predicted molar refractivity (Wildman–Crippen MR) is 150 cm³/mol. The van der Waals surface area contributed by atoms with Gasteiger partial charge < -0.3 is 10.2 Å². The number of carbonyl (C=O) groups is 3. The smallest absolute Gasteiger partial charge is 0.373 e. The van der Waals surface area contributed by atoms with Crippen LogP contribution in [0.25, 0.3) is 0 Å². The van der Waals surface area contributed by atoms with Crippen LogP contribution in [0.5, 0.6) is 0 Å². The van der Waals surface area contributed by atoms with E-state index in [1.54, 1.807) is 6.07 Å². The van der Waals surface area contributed by atoms with Crippen LogP contribution in [0.3, 0.4) is 0 Å². The molecule has 3 N–H and O–H groups in total. The van der Waals surface area contributed by atoms with E-state index in [1.807, 2.05) is 6.07 Å². The maximum atomic E-state index is 12.1. The lowest BCUT2D eigenvalue weighted by molar-refractivity contribution is -0.182. The summed E-state index contributed by atoms with van der Waals surface area (Å²) in [6.45, 7) is 0. The van der Waals surface area contributed by atoms with Crippen molar-refractivity contribution in [1.82, 2.24) is 0 Å². The van der Waals surface area contributed by atoms with Crippen molar-refractivity contribution in [1.29, 1.82) is 0 Å². The Morgan fingerprint density at radius 2 is 0.947 bits per heavy atom. The van der Waals surface area contributed by atoms with Gasteiger partial charge in [-0.1, -0.05) is 102 Å². The Balaban J connectivity index is 2.29. The van der Waals surface area contributed by atoms with Gasteiger partial charge in [-0.2, -0.15) is 5.26 Å². The second kappa shape index (κ2) is 22.6. The molecule has 0 saturated heterocycles. The lowest BCUT2D eigenvalue weighted by atomic mass is 9.92. The van der Waals surface area contributed by atoms with E-state index in [4.69, 9.17) is 15.5 Å². The molecule has 0 atom stereocenters. The number of carbonyl (C=O) groups excluding carboxylic acids is 1. The lowest BCUT2D eigenvalue weighted by Gasteiger charge is -2.13. The molecule has 0 bridgehead atoms. The summed E-state index contributed by atoms with van der Waals surface area (Å²) in [6, 6.07) is 5.69. The molecule has 1 aromatic carbocycles. The molecule has 0 unspecified atom stereocenters. The van der Waals surface area contributed by atoms with Crippen LogP contribution in [0.2, 0.25) is 0 Å². The first-order chi connectivity index (χ1) is 18.5. The number of unbranched alkanes of at least 4 members (excludes halogenated alkanes) is 16. The van der Waals surface area contributed by atoms with Gasteiger partial charge in [-0.25, -0.2) is 4.79 Å². The van der Waals surface area contributed by atoms with Gasteiger partial charge in [0.15, 0.2) is 0 Å². The molecular weight excluding hydrogens is 484 g/mol. The fourth-order valence-electron chi connectivity index (χ4n) is 5.05. The number of carboxylic acids is 2. The lowest BCUT2D eigenvalue weighted by Crippen LogP contribution is -2.09. The van der Waals surface area contributed by atoms with Crippen molar-refractivity contribution in [2.75, 3.05) is 0 Å². The fraction of sp³-hybridized carbons (Fsp3) is 0.710. The normalized spacial score (nSPS) is 11.0. The van der Waals surface area contributed by atoms with Gasteiger partial charge in [0.1, 0.15) is 0 Å². The summed E-state index contributed by atoms with van der Waals surface area (Å²) in [4.78, 5) is 37.3. The Hall–Kier alpha value is -2.41. The molecule has 0 spiro atoms. The first-order valence-electron chi connectivity index (χ1n) is 14.9. The van der Waals surface area contributed by atoms with Crippen LogP contribution in [-0.2, 0) is 27.3 Å². The molecule has 0 aliphatic carbocycles. The number of aryl methyl sites for hydroxylation is 1. The van der Waals surface area contributed by atoms with Gasteiger partial charge in [0.25, 0.3) is 0 Å². The largest absolute Gasteiger partial charge is 0.481 e. The Morgan fingerprint density at radius 3 is 1.37 bits per heavy atom. The highest BCUT2D eigenvalue weighted by atomic mass is 17.1. The molecule has 0 aromatic heterocycles. The van der Waals surface area contributed by atoms with Crippen molar-refractivity contribution in [3.05, 3.63) is 34.9 Å². The summed E-state index contributed by atoms with van der Waals surface area (Å²) in [5.74, 6) is -2.11. The second-order valence-corrected chi connectivity index (χ2v) is 10.5. The minimum absolute atomic E-state index is 0.270. The molecule has 0 aliphatic rings. The van der Waals surface area contributed by atoms with Crippen molar-refractivity contribution in [2.45, 2.75) is 141 Å². The van der Waals surface area contributed by atoms with Gasteiger partial charge in [0.2, 0.25) is 0 Å². The summed E-state index contributed by atoms with van der Waals surface area (Å²) in [6.07, 6.45) is 21.7. The molecule has 216 valence electrons. The summed E-state index contributed by atoms with van der Waals surface area (Å²) in [7, 11) is 0. The molecule has 7 heteroatoms. The number of aliphatic carboxylic acids is 2. The maximum Gasteiger partial charge on any atom is 0.373 e. The van der Waals surface area contributed by atoms with Gasteiger partial charge in [-0.3, -0.25) is 14.5 Å². The van der Waals surface area contributed by atoms with Crippen molar-refractivity contribution >= 4 is 17.9 Å². The van der Waals surface area contributed by atoms with Gasteiger partial charge >= 0.3 is 17.9 Å². The van der Waals surface area contributed by atoms with Gasteiger partial charge in [0, 0.05) is 12.8 Å². The highest BCUT2D eigenvalue weighted by molar-refractivity contribution is 5.91. The molecule has 0 fully saturated rings. The number of benzene rings is 1. The third-order valence-corrected chi connectivity index (χ3v) is 7.23. The molecular formula is C31H50O7. The number of hydrogen-bond acceptors (Lipinski definition) is 5. The van der Waals surface area contributed by atoms with Gasteiger partial charge in [0.05, 0.1) is 5.56 Å². The van der Waals surface area contributed by atoms with Crippen molar-refractivity contribution in [3.63, 3.8) is 0 Å². The van der Waals surface area contributed by atoms with E-state index in [2.05, 4.69) is 11.0 Å². The first kappa shape index (κ1) is 33.6. The van der Waals surface area contributed by atoms with Crippen LogP contribution in [0.15, 0.2) is 18.2 Å². The highest BCUT2D eigenvalue weighted by Crippen LogP contribution is 2.22. The number of carboxylic acid groups (broad SMARTS) is 2. The van der Waals surface area contributed by atoms with Gasteiger partial charge in [-0.05, 0) is 55.7 Å². The van der Waals surface area contributed by atoms with E-state index in [9.17, 15) is 14.4 Å². The molecule has 7 nitrogen and oxygen atoms in total. The fourth-order valence-corrected chi connectivity index (χ4v) is 5.05. The summed E-state index contributed by atoms with van der Waals surface area (Å²) >= 11 is 0. The molecule has 0 saturated carbocycles. The molecule has 0 aliphatic heterocycles. The Morgan fingerprint density at radius 1 is 0.553 bits per heavy atom. The SMILES string of the molecule is O=C(O)CCCCCCCCCCCc1cccc(C(=O)OO)c1CCCCCCCCCCCC(=O)O. The molecule has 38 heavy (non-hydrogen) atoms. The standard InChI is InChI=1S/C31H50O7/c32-29(33)24-17-13-9-5-1-3-7-11-15-20-26-21-19-23-28(31(36)38-37)27(26)22-16-12-8-4-2-6-10-14-18-25-30(34)35/h19,21,23,37H,1-18,20,22,24-25H2,(H,32,33)(H,34,35). The Labute approximate surface area is 228 Å². The maximum absolute atomic E-state index is 12.1. The average molecular weight is 535 g/mol. The summed E-state index contributed by atoms with van der Waals surface area (Å²) < 4.78 is 0. The summed E-state index contributed by atoms with van der Waals surface area (Å²) in [5.41, 5.74) is 2.65. The van der Waals surface area contributed by atoms with Crippen molar-refractivity contribution in [3.8, 4) is 0 Å². The average Bonchev–Trinajstić information content (AvgIpc) is 2.89. The van der Waals surface area contributed by atoms with Crippen LogP contribution >= 0.6 is 0 Å². The summed E-state index contributed by atoms with van der Waals surface area (Å²) in [5, 5.41) is 26.3. The molecule has 0 radical (unpaired) electrons. The zero-order valence-corrected chi connectivity index (χ0v) is 23.3. The quantitative estimate of drug-likeness (QED) is 0.0654. The topological polar surface area (TPSA) is 121 Å². The Bertz CT molecular complexity index is 790. The highest BCUT2D eigenvalue weighted by Gasteiger charge is 2.16. The predicted octanol–water partition coefficient (Wildman–Crippen LogP) is 8.37. The van der Waals surface area contributed by atoms with Crippen LogP contribution in [0, 0.1) is 0 Å². The zero-order valence-electron chi connectivity index (χ0n) is 23.3. The van der Waals surface area contributed by atoms with Crippen LogP contribution in [-0.4, -0.2) is 33.4 Å². The van der Waals surface area contributed by atoms with E-state index in [-0.39, 0.29) is 12.8 Å². The van der Waals surface area contributed by atoms with Crippen molar-refractivity contribution < 1.29 is 34.7 Å². The van der Waals surface area contributed by atoms with E-state index in [1.165, 1.54) is 44.1 Å². The van der Waals surface area contributed by atoms with Crippen LogP contribution < -0.4 is 0 Å². The van der Waals surface area contributed by atoms with E-state index < -0.39 is 17.9 Å². The van der Waals surface area contributed by atoms with E-state index in [0.717, 1.165) is 95.5 Å². The minimum Gasteiger partial charge on any atom is -0.481 e. The second-order valence-electron chi connectivity index (χ2n) is 10.5. The third-order valence-electron chi connectivity index (χ3n) is 7.23. The zero-order chi connectivity index (χ0) is 27.8.